The Balaban J connectivity index is 2.41. The van der Waals surface area contributed by atoms with Gasteiger partial charge in [0.15, 0.2) is 0 Å². The van der Waals surface area contributed by atoms with Crippen LogP contribution in [0, 0.1) is 13.8 Å². The first-order valence-corrected chi connectivity index (χ1v) is 7.16. The lowest BCUT2D eigenvalue weighted by Gasteiger charge is -2.33. The van der Waals surface area contributed by atoms with E-state index in [0.717, 1.165) is 19.4 Å². The van der Waals surface area contributed by atoms with E-state index in [1.54, 1.807) is 0 Å². The number of amides is 1. The summed E-state index contributed by atoms with van der Waals surface area (Å²) in [5.41, 5.74) is 10.0. The van der Waals surface area contributed by atoms with Gasteiger partial charge in [-0.2, -0.15) is 0 Å². The molecule has 2 N–H and O–H groups in total. The van der Waals surface area contributed by atoms with Crippen LogP contribution >= 0.6 is 0 Å². The first-order chi connectivity index (χ1) is 9.04. The van der Waals surface area contributed by atoms with Gasteiger partial charge in [0.05, 0.1) is 6.04 Å². The van der Waals surface area contributed by atoms with Gasteiger partial charge in [0.2, 0.25) is 5.91 Å². The average Bonchev–Trinajstić information content (AvgIpc) is 2.52. The fraction of sp³-hybridized carbons (Fsp3) is 0.562. The van der Waals surface area contributed by atoms with E-state index in [1.807, 2.05) is 11.8 Å². The molecule has 3 heteroatoms. The Labute approximate surface area is 115 Å². The minimum atomic E-state index is 0.0271. The monoisotopic (exact) mass is 260 g/mol. The van der Waals surface area contributed by atoms with Gasteiger partial charge < -0.3 is 10.6 Å². The molecule has 1 aliphatic rings. The molecule has 0 saturated carbocycles. The van der Waals surface area contributed by atoms with Crippen molar-refractivity contribution < 1.29 is 4.79 Å². The number of carbonyl (C=O) groups is 1. The molecule has 0 aliphatic carbocycles. The Kier molecular flexibility index (Phi) is 4.25. The highest BCUT2D eigenvalue weighted by molar-refractivity contribution is 5.77. The molecular weight excluding hydrogens is 236 g/mol. The number of carbonyl (C=O) groups excluding carboxylic acids is 1. The number of likely N-dealkylation sites (tertiary alicyclic amines) is 1. The maximum atomic E-state index is 12.2. The summed E-state index contributed by atoms with van der Waals surface area (Å²) in [5.74, 6) is 0.235. The number of rotatable bonds is 2. The van der Waals surface area contributed by atoms with Crippen LogP contribution in [-0.2, 0) is 4.79 Å². The van der Waals surface area contributed by atoms with Crippen LogP contribution in [-0.4, -0.2) is 23.4 Å². The molecule has 1 heterocycles. The number of nitrogens with two attached hydrogens (primary N) is 1. The van der Waals surface area contributed by atoms with E-state index in [-0.39, 0.29) is 18.0 Å². The lowest BCUT2D eigenvalue weighted by atomic mass is 9.94. The van der Waals surface area contributed by atoms with E-state index in [0.29, 0.717) is 6.42 Å². The zero-order chi connectivity index (χ0) is 14.0. The summed E-state index contributed by atoms with van der Waals surface area (Å²) in [4.78, 5) is 14.1. The summed E-state index contributed by atoms with van der Waals surface area (Å²) in [7, 11) is 0. The molecule has 2 rings (SSSR count). The van der Waals surface area contributed by atoms with E-state index in [9.17, 15) is 4.79 Å². The van der Waals surface area contributed by atoms with Gasteiger partial charge in [0, 0.05) is 19.0 Å². The minimum Gasteiger partial charge on any atom is -0.334 e. The van der Waals surface area contributed by atoms with Crippen LogP contribution in [0.4, 0.5) is 0 Å². The highest BCUT2D eigenvalue weighted by Gasteiger charge is 2.31. The van der Waals surface area contributed by atoms with Crippen molar-refractivity contribution in [2.45, 2.75) is 52.1 Å². The maximum absolute atomic E-state index is 12.2. The fourth-order valence-corrected chi connectivity index (χ4v) is 2.93. The smallest absolute Gasteiger partial charge is 0.223 e. The molecule has 1 aliphatic heterocycles. The van der Waals surface area contributed by atoms with Crippen molar-refractivity contribution in [2.24, 2.45) is 5.73 Å². The molecule has 0 bridgehead atoms. The van der Waals surface area contributed by atoms with Crippen molar-refractivity contribution in [1.82, 2.24) is 4.90 Å². The third-order valence-electron chi connectivity index (χ3n) is 4.20. The van der Waals surface area contributed by atoms with E-state index >= 15 is 0 Å². The van der Waals surface area contributed by atoms with Crippen molar-refractivity contribution in [3.05, 3.63) is 34.9 Å². The molecule has 104 valence electrons. The van der Waals surface area contributed by atoms with Gasteiger partial charge in [-0.1, -0.05) is 18.2 Å². The quantitative estimate of drug-likeness (QED) is 0.888. The maximum Gasteiger partial charge on any atom is 0.223 e. The molecule has 1 aromatic rings. The molecule has 2 unspecified atom stereocenters. The predicted octanol–water partition coefficient (Wildman–Crippen LogP) is 2.70. The molecule has 2 atom stereocenters. The van der Waals surface area contributed by atoms with Crippen molar-refractivity contribution in [2.75, 3.05) is 6.54 Å². The van der Waals surface area contributed by atoms with E-state index < -0.39 is 0 Å². The molecule has 1 aromatic carbocycles. The largest absolute Gasteiger partial charge is 0.334 e. The fourth-order valence-electron chi connectivity index (χ4n) is 2.93. The van der Waals surface area contributed by atoms with Crippen LogP contribution in [0.25, 0.3) is 0 Å². The highest BCUT2D eigenvalue weighted by Crippen LogP contribution is 2.30. The summed E-state index contributed by atoms with van der Waals surface area (Å²) in [5, 5.41) is 0. The lowest BCUT2D eigenvalue weighted by molar-refractivity contribution is -0.133. The predicted molar refractivity (Wildman–Crippen MR) is 77.9 cm³/mol. The number of likely N-dealkylation sites (N-methyl/N-ethyl adjacent to an activating group) is 1. The Morgan fingerprint density at radius 2 is 2.05 bits per heavy atom. The molecule has 1 fully saturated rings. The van der Waals surface area contributed by atoms with Gasteiger partial charge in [-0.25, -0.2) is 0 Å². The van der Waals surface area contributed by atoms with Crippen LogP contribution in [0.5, 0.6) is 0 Å². The van der Waals surface area contributed by atoms with Crippen LogP contribution in [0.15, 0.2) is 18.2 Å². The van der Waals surface area contributed by atoms with Gasteiger partial charge in [-0.15, -0.1) is 0 Å². The second-order valence-electron chi connectivity index (χ2n) is 5.52. The van der Waals surface area contributed by atoms with Gasteiger partial charge in [-0.05, 0) is 50.3 Å². The Morgan fingerprint density at radius 3 is 2.68 bits per heavy atom. The number of benzene rings is 1. The van der Waals surface area contributed by atoms with Crippen LogP contribution < -0.4 is 5.73 Å². The van der Waals surface area contributed by atoms with E-state index in [1.165, 1.54) is 16.7 Å². The minimum absolute atomic E-state index is 0.0271. The SMILES string of the molecule is CCN1C(=O)CCCC(N)C1c1ccc(C)c(C)c1. The average molecular weight is 260 g/mol. The zero-order valence-corrected chi connectivity index (χ0v) is 12.1. The van der Waals surface area contributed by atoms with Gasteiger partial charge in [0.25, 0.3) is 0 Å². The van der Waals surface area contributed by atoms with Gasteiger partial charge >= 0.3 is 0 Å². The molecule has 0 spiro atoms. The number of hydrogen-bond donors (Lipinski definition) is 1. The zero-order valence-electron chi connectivity index (χ0n) is 12.1. The Hall–Kier alpha value is -1.35. The van der Waals surface area contributed by atoms with Crippen molar-refractivity contribution in [3.8, 4) is 0 Å². The van der Waals surface area contributed by atoms with Crippen LogP contribution in [0.3, 0.4) is 0 Å². The van der Waals surface area contributed by atoms with Crippen molar-refractivity contribution >= 4 is 5.91 Å². The molecular formula is C16H24N2O. The molecule has 0 aromatic heterocycles. The molecule has 0 radical (unpaired) electrons. The van der Waals surface area contributed by atoms with Crippen molar-refractivity contribution in [1.29, 1.82) is 0 Å². The summed E-state index contributed by atoms with van der Waals surface area (Å²) in [6.07, 6.45) is 2.44. The lowest BCUT2D eigenvalue weighted by Crippen LogP contribution is -2.42. The first-order valence-electron chi connectivity index (χ1n) is 7.16. The summed E-state index contributed by atoms with van der Waals surface area (Å²) in [6.45, 7) is 6.97. The summed E-state index contributed by atoms with van der Waals surface area (Å²) < 4.78 is 0. The number of nitrogens with zero attached hydrogens (tertiary/aromatic N) is 1. The summed E-state index contributed by atoms with van der Waals surface area (Å²) >= 11 is 0. The topological polar surface area (TPSA) is 46.3 Å². The standard InChI is InChI=1S/C16H24N2O/c1-4-18-15(19)7-5-6-14(17)16(18)13-9-8-11(2)12(3)10-13/h8-10,14,16H,4-7,17H2,1-3H3. The van der Waals surface area contributed by atoms with Crippen LogP contribution in [0.1, 0.15) is 48.9 Å². The Morgan fingerprint density at radius 1 is 1.32 bits per heavy atom. The molecule has 1 amide bonds. The van der Waals surface area contributed by atoms with Crippen molar-refractivity contribution in [3.63, 3.8) is 0 Å². The van der Waals surface area contributed by atoms with E-state index in [4.69, 9.17) is 5.73 Å². The normalized spacial score (nSPS) is 24.4. The third kappa shape index (κ3) is 2.81. The summed E-state index contributed by atoms with van der Waals surface area (Å²) in [6, 6.07) is 6.49. The van der Waals surface area contributed by atoms with Crippen LogP contribution in [0.2, 0.25) is 0 Å². The second-order valence-corrected chi connectivity index (χ2v) is 5.52. The number of aryl methyl sites for hydroxylation is 2. The second kappa shape index (κ2) is 5.74. The first kappa shape index (κ1) is 14.1. The van der Waals surface area contributed by atoms with Gasteiger partial charge in [-0.3, -0.25) is 4.79 Å². The Bertz CT molecular complexity index is 470. The molecule has 19 heavy (non-hydrogen) atoms. The molecule has 3 nitrogen and oxygen atoms in total. The highest BCUT2D eigenvalue weighted by atomic mass is 16.2. The third-order valence-corrected chi connectivity index (χ3v) is 4.20. The molecule has 1 saturated heterocycles. The number of hydrogen-bond acceptors (Lipinski definition) is 2. The van der Waals surface area contributed by atoms with Gasteiger partial charge in [0.1, 0.15) is 0 Å². The van der Waals surface area contributed by atoms with E-state index in [2.05, 4.69) is 32.0 Å².